The van der Waals surface area contributed by atoms with E-state index in [2.05, 4.69) is 28.2 Å². The molecule has 0 aliphatic carbocycles. The summed E-state index contributed by atoms with van der Waals surface area (Å²) in [7, 11) is 2.16. The molecular weight excluding hydrogens is 264 g/mol. The molecule has 0 spiro atoms. The quantitative estimate of drug-likeness (QED) is 0.919. The molecule has 2 heterocycles. The smallest absolute Gasteiger partial charge is 0.220 e. The van der Waals surface area contributed by atoms with Crippen molar-refractivity contribution in [1.29, 1.82) is 0 Å². The highest BCUT2D eigenvalue weighted by molar-refractivity contribution is 5.75. The summed E-state index contributed by atoms with van der Waals surface area (Å²) in [5, 5.41) is 2.97. The van der Waals surface area contributed by atoms with Crippen molar-refractivity contribution in [2.24, 2.45) is 0 Å². The first-order valence-corrected chi connectivity index (χ1v) is 7.80. The van der Waals surface area contributed by atoms with E-state index >= 15 is 0 Å². The number of rotatable bonds is 4. The van der Waals surface area contributed by atoms with Crippen molar-refractivity contribution in [3.05, 3.63) is 23.9 Å². The Morgan fingerprint density at radius 3 is 2.90 bits per heavy atom. The molecule has 0 saturated carbocycles. The number of hydrogen-bond acceptors (Lipinski definition) is 4. The molecule has 1 amide bonds. The van der Waals surface area contributed by atoms with Gasteiger partial charge >= 0.3 is 0 Å². The predicted molar refractivity (Wildman–Crippen MR) is 85.4 cm³/mol. The molecule has 21 heavy (non-hydrogen) atoms. The van der Waals surface area contributed by atoms with Gasteiger partial charge in [-0.05, 0) is 39.1 Å². The van der Waals surface area contributed by atoms with E-state index in [1.54, 1.807) is 0 Å². The van der Waals surface area contributed by atoms with Crippen molar-refractivity contribution in [3.8, 4) is 0 Å². The lowest BCUT2D eigenvalue weighted by atomic mass is 10.2. The van der Waals surface area contributed by atoms with Crippen LogP contribution in [0.3, 0.4) is 0 Å². The number of nitrogens with zero attached hydrogens (tertiary/aromatic N) is 3. The van der Waals surface area contributed by atoms with Gasteiger partial charge in [0, 0.05) is 26.1 Å². The molecule has 0 aromatic carbocycles. The SMILES string of the molecule is CCC(=O)N[C@H](C)c1cccc(N2CCCN(C)CC2)n1. The summed E-state index contributed by atoms with van der Waals surface area (Å²) < 4.78 is 0. The highest BCUT2D eigenvalue weighted by Gasteiger charge is 2.15. The van der Waals surface area contributed by atoms with Crippen LogP contribution in [0, 0.1) is 0 Å². The average molecular weight is 290 g/mol. The van der Waals surface area contributed by atoms with Gasteiger partial charge in [-0.3, -0.25) is 4.79 Å². The number of carbonyl (C=O) groups excluding carboxylic acids is 1. The normalized spacial score (nSPS) is 18.1. The lowest BCUT2D eigenvalue weighted by Gasteiger charge is -2.23. The van der Waals surface area contributed by atoms with Crippen LogP contribution in [0.15, 0.2) is 18.2 Å². The van der Waals surface area contributed by atoms with Crippen LogP contribution < -0.4 is 10.2 Å². The number of anilines is 1. The molecule has 1 N–H and O–H groups in total. The van der Waals surface area contributed by atoms with E-state index in [1.807, 2.05) is 26.0 Å². The maximum absolute atomic E-state index is 11.5. The van der Waals surface area contributed by atoms with Crippen LogP contribution in [-0.4, -0.2) is 49.0 Å². The van der Waals surface area contributed by atoms with E-state index in [9.17, 15) is 4.79 Å². The zero-order chi connectivity index (χ0) is 15.2. The Kier molecular flexibility index (Phi) is 5.56. The van der Waals surface area contributed by atoms with Crippen molar-refractivity contribution in [3.63, 3.8) is 0 Å². The van der Waals surface area contributed by atoms with E-state index < -0.39 is 0 Å². The fourth-order valence-electron chi connectivity index (χ4n) is 2.55. The summed E-state index contributed by atoms with van der Waals surface area (Å²) in [5.74, 6) is 1.08. The number of hydrogen-bond donors (Lipinski definition) is 1. The number of aromatic nitrogens is 1. The molecule has 0 bridgehead atoms. The second kappa shape index (κ2) is 7.41. The second-order valence-corrected chi connectivity index (χ2v) is 5.71. The topological polar surface area (TPSA) is 48.5 Å². The Hall–Kier alpha value is -1.62. The lowest BCUT2D eigenvalue weighted by molar-refractivity contribution is -0.121. The highest BCUT2D eigenvalue weighted by Crippen LogP contribution is 2.17. The van der Waals surface area contributed by atoms with Crippen LogP contribution in [0.5, 0.6) is 0 Å². The minimum absolute atomic E-state index is 0.0490. The molecule has 0 radical (unpaired) electrons. The summed E-state index contributed by atoms with van der Waals surface area (Å²) in [6.45, 7) is 8.09. The maximum atomic E-state index is 11.5. The molecule has 1 fully saturated rings. The standard InChI is InChI=1S/C16H26N4O/c1-4-16(21)17-13(2)14-7-5-8-15(18-14)20-10-6-9-19(3)11-12-20/h5,7-8,13H,4,6,9-12H2,1-3H3,(H,17,21)/t13-/m1/s1. The summed E-state index contributed by atoms with van der Waals surface area (Å²) in [6, 6.07) is 6.02. The van der Waals surface area contributed by atoms with Crippen molar-refractivity contribution in [2.45, 2.75) is 32.7 Å². The van der Waals surface area contributed by atoms with Gasteiger partial charge in [0.25, 0.3) is 0 Å². The van der Waals surface area contributed by atoms with Gasteiger partial charge in [0.05, 0.1) is 11.7 Å². The summed E-state index contributed by atoms with van der Waals surface area (Å²) in [6.07, 6.45) is 1.66. The molecule has 0 unspecified atom stereocenters. The van der Waals surface area contributed by atoms with Gasteiger partial charge in [-0.15, -0.1) is 0 Å². The van der Waals surface area contributed by atoms with Crippen molar-refractivity contribution >= 4 is 11.7 Å². The van der Waals surface area contributed by atoms with Crippen molar-refractivity contribution < 1.29 is 4.79 Å². The molecular formula is C16H26N4O. The van der Waals surface area contributed by atoms with Crippen LogP contribution in [0.25, 0.3) is 0 Å². The van der Waals surface area contributed by atoms with Gasteiger partial charge in [0.15, 0.2) is 0 Å². The van der Waals surface area contributed by atoms with Gasteiger partial charge in [-0.25, -0.2) is 4.98 Å². The predicted octanol–water partition coefficient (Wildman–Crippen LogP) is 1.81. The highest BCUT2D eigenvalue weighted by atomic mass is 16.1. The molecule has 1 aliphatic heterocycles. The third-order valence-electron chi connectivity index (χ3n) is 3.94. The van der Waals surface area contributed by atoms with E-state index in [0.29, 0.717) is 6.42 Å². The summed E-state index contributed by atoms with van der Waals surface area (Å²) in [4.78, 5) is 20.9. The van der Waals surface area contributed by atoms with E-state index in [1.165, 1.54) is 0 Å². The number of nitrogens with one attached hydrogen (secondary N) is 1. The molecule has 1 aromatic heterocycles. The van der Waals surface area contributed by atoms with Crippen LogP contribution >= 0.6 is 0 Å². The molecule has 1 aromatic rings. The molecule has 2 rings (SSSR count). The number of pyridine rings is 1. The van der Waals surface area contributed by atoms with Gasteiger partial charge in [0.2, 0.25) is 5.91 Å². The largest absolute Gasteiger partial charge is 0.355 e. The summed E-state index contributed by atoms with van der Waals surface area (Å²) >= 11 is 0. The molecule has 1 saturated heterocycles. The minimum atomic E-state index is -0.0490. The molecule has 1 atom stereocenters. The van der Waals surface area contributed by atoms with E-state index in [-0.39, 0.29) is 11.9 Å². The van der Waals surface area contributed by atoms with Crippen molar-refractivity contribution in [1.82, 2.24) is 15.2 Å². The number of likely N-dealkylation sites (N-methyl/N-ethyl adjacent to an activating group) is 1. The number of carbonyl (C=O) groups is 1. The van der Waals surface area contributed by atoms with E-state index in [4.69, 9.17) is 4.98 Å². The average Bonchev–Trinajstić information content (AvgIpc) is 2.72. The number of amides is 1. The second-order valence-electron chi connectivity index (χ2n) is 5.71. The Morgan fingerprint density at radius 1 is 1.33 bits per heavy atom. The van der Waals surface area contributed by atoms with Crippen LogP contribution in [0.4, 0.5) is 5.82 Å². The zero-order valence-corrected chi connectivity index (χ0v) is 13.3. The Labute approximate surface area is 127 Å². The summed E-state index contributed by atoms with van der Waals surface area (Å²) in [5.41, 5.74) is 0.923. The fraction of sp³-hybridized carbons (Fsp3) is 0.625. The van der Waals surface area contributed by atoms with Crippen LogP contribution in [-0.2, 0) is 4.79 Å². The Bertz CT molecular complexity index is 477. The van der Waals surface area contributed by atoms with Crippen LogP contribution in [0.2, 0.25) is 0 Å². The van der Waals surface area contributed by atoms with Gasteiger partial charge in [0.1, 0.15) is 5.82 Å². The molecule has 1 aliphatic rings. The van der Waals surface area contributed by atoms with Gasteiger partial charge < -0.3 is 15.1 Å². The molecule has 5 nitrogen and oxygen atoms in total. The lowest BCUT2D eigenvalue weighted by Crippen LogP contribution is -2.30. The Morgan fingerprint density at radius 2 is 2.14 bits per heavy atom. The first-order valence-electron chi connectivity index (χ1n) is 7.80. The first-order chi connectivity index (χ1) is 10.1. The maximum Gasteiger partial charge on any atom is 0.220 e. The molecule has 116 valence electrons. The third-order valence-corrected chi connectivity index (χ3v) is 3.94. The van der Waals surface area contributed by atoms with Crippen LogP contribution in [0.1, 0.15) is 38.4 Å². The Balaban J connectivity index is 2.07. The minimum Gasteiger partial charge on any atom is -0.355 e. The van der Waals surface area contributed by atoms with Gasteiger partial charge in [-0.1, -0.05) is 13.0 Å². The zero-order valence-electron chi connectivity index (χ0n) is 13.3. The first kappa shape index (κ1) is 15.8. The monoisotopic (exact) mass is 290 g/mol. The van der Waals surface area contributed by atoms with Gasteiger partial charge in [-0.2, -0.15) is 0 Å². The third kappa shape index (κ3) is 4.43. The fourth-order valence-corrected chi connectivity index (χ4v) is 2.55. The molecule has 5 heteroatoms. The van der Waals surface area contributed by atoms with E-state index in [0.717, 1.165) is 44.1 Å². The van der Waals surface area contributed by atoms with Crippen molar-refractivity contribution in [2.75, 3.05) is 38.1 Å².